The lowest BCUT2D eigenvalue weighted by Crippen LogP contribution is -2.50. The molecule has 142 valence electrons. The maximum Gasteiger partial charge on any atom is 0.222 e. The Morgan fingerprint density at radius 1 is 1.19 bits per heavy atom. The topological polar surface area (TPSA) is 38.8 Å². The lowest BCUT2D eigenvalue weighted by molar-refractivity contribution is -0.135. The quantitative estimate of drug-likeness (QED) is 0.737. The SMILES string of the molecule is O=C(CC1CC1)N1CCC[C@](CC2OCCO2)(c2ccc(Cl)c(Cl)c2)C1. The molecule has 6 heteroatoms. The molecule has 1 atom stereocenters. The summed E-state index contributed by atoms with van der Waals surface area (Å²) in [6.07, 6.45) is 5.56. The zero-order chi connectivity index (χ0) is 18.1. The van der Waals surface area contributed by atoms with Crippen LogP contribution in [0.2, 0.25) is 10.0 Å². The summed E-state index contributed by atoms with van der Waals surface area (Å²) in [6.45, 7) is 2.79. The van der Waals surface area contributed by atoms with E-state index in [1.807, 2.05) is 23.1 Å². The van der Waals surface area contributed by atoms with Crippen molar-refractivity contribution >= 4 is 29.1 Å². The summed E-state index contributed by atoms with van der Waals surface area (Å²) in [5, 5.41) is 1.11. The molecule has 0 spiro atoms. The van der Waals surface area contributed by atoms with Gasteiger partial charge >= 0.3 is 0 Å². The number of hydrogen-bond donors (Lipinski definition) is 0. The van der Waals surface area contributed by atoms with Crippen molar-refractivity contribution in [1.82, 2.24) is 4.90 Å². The largest absolute Gasteiger partial charge is 0.350 e. The molecule has 0 unspecified atom stereocenters. The Balaban J connectivity index is 1.60. The monoisotopic (exact) mass is 397 g/mol. The summed E-state index contributed by atoms with van der Waals surface area (Å²) in [5.41, 5.74) is 0.913. The summed E-state index contributed by atoms with van der Waals surface area (Å²) in [6, 6.07) is 5.84. The first-order chi connectivity index (χ1) is 12.6. The zero-order valence-corrected chi connectivity index (χ0v) is 16.4. The molecule has 1 saturated carbocycles. The fourth-order valence-electron chi connectivity index (χ4n) is 4.23. The molecule has 0 N–H and O–H groups in total. The average molecular weight is 398 g/mol. The standard InChI is InChI=1S/C20H25Cl2NO3/c21-16-5-4-15(11-17(16)22)20(12-19-25-8-9-26-19)6-1-7-23(13-20)18(24)10-14-2-3-14/h4-5,11,14,19H,1-3,6-10,12-13H2/t20-/m1/s1. The van der Waals surface area contributed by atoms with Crippen LogP contribution in [0.4, 0.5) is 0 Å². The van der Waals surface area contributed by atoms with Crippen LogP contribution < -0.4 is 0 Å². The van der Waals surface area contributed by atoms with E-state index in [1.165, 1.54) is 12.8 Å². The maximum atomic E-state index is 12.7. The molecule has 26 heavy (non-hydrogen) atoms. The number of carbonyl (C=O) groups excluding carboxylic acids is 1. The van der Waals surface area contributed by atoms with E-state index >= 15 is 0 Å². The molecule has 4 rings (SSSR count). The zero-order valence-electron chi connectivity index (χ0n) is 14.9. The minimum absolute atomic E-state index is 0.208. The summed E-state index contributed by atoms with van der Waals surface area (Å²) in [7, 11) is 0. The second-order valence-electron chi connectivity index (χ2n) is 7.85. The lowest BCUT2D eigenvalue weighted by atomic mass is 9.71. The molecule has 4 nitrogen and oxygen atoms in total. The molecule has 0 radical (unpaired) electrons. The molecule has 3 aliphatic rings. The van der Waals surface area contributed by atoms with Crippen molar-refractivity contribution in [2.75, 3.05) is 26.3 Å². The Morgan fingerprint density at radius 2 is 1.96 bits per heavy atom. The number of ether oxygens (including phenoxy) is 2. The van der Waals surface area contributed by atoms with Crippen molar-refractivity contribution < 1.29 is 14.3 Å². The number of nitrogens with zero attached hydrogens (tertiary/aromatic N) is 1. The van der Waals surface area contributed by atoms with Gasteiger partial charge in [0, 0.05) is 31.3 Å². The highest BCUT2D eigenvalue weighted by molar-refractivity contribution is 6.42. The third-order valence-electron chi connectivity index (χ3n) is 5.87. The Labute approximate surface area is 164 Å². The maximum absolute atomic E-state index is 12.7. The van der Waals surface area contributed by atoms with Crippen molar-refractivity contribution in [3.05, 3.63) is 33.8 Å². The highest BCUT2D eigenvalue weighted by Crippen LogP contribution is 2.42. The van der Waals surface area contributed by atoms with Gasteiger partial charge in [-0.05, 0) is 49.3 Å². The number of rotatable bonds is 5. The molecule has 0 aromatic heterocycles. The highest BCUT2D eigenvalue weighted by atomic mass is 35.5. The van der Waals surface area contributed by atoms with E-state index in [1.54, 1.807) is 0 Å². The number of amides is 1. The predicted octanol–water partition coefficient (Wildman–Crippen LogP) is 4.42. The Morgan fingerprint density at radius 3 is 2.65 bits per heavy atom. The van der Waals surface area contributed by atoms with Crippen LogP contribution in [0, 0.1) is 5.92 Å². The Kier molecular flexibility index (Phi) is 5.47. The minimum atomic E-state index is -0.220. The van der Waals surface area contributed by atoms with E-state index in [4.69, 9.17) is 32.7 Å². The van der Waals surface area contributed by atoms with Crippen LogP contribution in [0.5, 0.6) is 0 Å². The van der Waals surface area contributed by atoms with Gasteiger partial charge in [-0.2, -0.15) is 0 Å². The molecular weight excluding hydrogens is 373 g/mol. The van der Waals surface area contributed by atoms with Gasteiger partial charge in [-0.1, -0.05) is 29.3 Å². The minimum Gasteiger partial charge on any atom is -0.350 e. The number of benzene rings is 1. The molecule has 3 fully saturated rings. The number of piperidine rings is 1. The van der Waals surface area contributed by atoms with Crippen molar-refractivity contribution in [2.24, 2.45) is 5.92 Å². The summed E-state index contributed by atoms with van der Waals surface area (Å²) < 4.78 is 11.5. The Bertz CT molecular complexity index is 673. The van der Waals surface area contributed by atoms with E-state index in [2.05, 4.69) is 0 Å². The number of halogens is 2. The van der Waals surface area contributed by atoms with Gasteiger partial charge in [-0.15, -0.1) is 0 Å². The van der Waals surface area contributed by atoms with Gasteiger partial charge in [0.25, 0.3) is 0 Å². The fraction of sp³-hybridized carbons (Fsp3) is 0.650. The second-order valence-corrected chi connectivity index (χ2v) is 8.67. The van der Waals surface area contributed by atoms with Crippen LogP contribution in [0.3, 0.4) is 0 Å². The first kappa shape index (κ1) is 18.5. The van der Waals surface area contributed by atoms with Crippen molar-refractivity contribution in [3.63, 3.8) is 0 Å². The molecule has 2 heterocycles. The first-order valence-electron chi connectivity index (χ1n) is 9.52. The van der Waals surface area contributed by atoms with E-state index < -0.39 is 0 Å². The highest BCUT2D eigenvalue weighted by Gasteiger charge is 2.42. The van der Waals surface area contributed by atoms with Crippen molar-refractivity contribution in [1.29, 1.82) is 0 Å². The summed E-state index contributed by atoms with van der Waals surface area (Å²) in [4.78, 5) is 14.8. The van der Waals surface area contributed by atoms with Crippen LogP contribution in [-0.2, 0) is 19.7 Å². The predicted molar refractivity (Wildman–Crippen MR) is 102 cm³/mol. The smallest absolute Gasteiger partial charge is 0.222 e. The third-order valence-corrected chi connectivity index (χ3v) is 6.61. The fourth-order valence-corrected chi connectivity index (χ4v) is 4.53. The van der Waals surface area contributed by atoms with Crippen molar-refractivity contribution in [3.8, 4) is 0 Å². The van der Waals surface area contributed by atoms with E-state index in [-0.39, 0.29) is 17.6 Å². The lowest BCUT2D eigenvalue weighted by Gasteiger charge is -2.44. The van der Waals surface area contributed by atoms with Crippen LogP contribution in [-0.4, -0.2) is 43.4 Å². The van der Waals surface area contributed by atoms with Gasteiger partial charge in [0.1, 0.15) is 0 Å². The van der Waals surface area contributed by atoms with Gasteiger partial charge in [-0.25, -0.2) is 0 Å². The van der Waals surface area contributed by atoms with E-state index in [0.717, 1.165) is 31.4 Å². The van der Waals surface area contributed by atoms with E-state index in [0.29, 0.717) is 42.1 Å². The molecule has 0 bridgehead atoms. The number of carbonyl (C=O) groups is 1. The molecule has 1 amide bonds. The van der Waals surface area contributed by atoms with Gasteiger partial charge < -0.3 is 14.4 Å². The van der Waals surface area contributed by atoms with Crippen LogP contribution in [0.15, 0.2) is 18.2 Å². The van der Waals surface area contributed by atoms with Crippen LogP contribution in [0.1, 0.15) is 44.1 Å². The first-order valence-corrected chi connectivity index (χ1v) is 10.3. The normalized spacial score (nSPS) is 27.1. The Hall–Kier alpha value is -0.810. The molecular formula is C20H25Cl2NO3. The van der Waals surface area contributed by atoms with E-state index in [9.17, 15) is 4.79 Å². The van der Waals surface area contributed by atoms with Crippen LogP contribution >= 0.6 is 23.2 Å². The van der Waals surface area contributed by atoms with Gasteiger partial charge in [0.05, 0.1) is 23.3 Å². The summed E-state index contributed by atoms with van der Waals surface area (Å²) in [5.74, 6) is 0.884. The molecule has 1 aliphatic carbocycles. The van der Waals surface area contributed by atoms with Crippen LogP contribution in [0.25, 0.3) is 0 Å². The third kappa shape index (κ3) is 4.04. The number of hydrogen-bond acceptors (Lipinski definition) is 3. The summed E-state index contributed by atoms with van der Waals surface area (Å²) >= 11 is 12.4. The molecule has 1 aromatic rings. The molecule has 2 aliphatic heterocycles. The van der Waals surface area contributed by atoms with Crippen molar-refractivity contribution in [2.45, 2.75) is 50.2 Å². The molecule has 2 saturated heterocycles. The van der Waals surface area contributed by atoms with Gasteiger partial charge in [0.2, 0.25) is 5.91 Å². The van der Waals surface area contributed by atoms with Gasteiger partial charge in [-0.3, -0.25) is 4.79 Å². The average Bonchev–Trinajstić information content (AvgIpc) is 3.30. The number of likely N-dealkylation sites (tertiary alicyclic amines) is 1. The van der Waals surface area contributed by atoms with Gasteiger partial charge in [0.15, 0.2) is 6.29 Å². The molecule has 1 aromatic carbocycles. The second kappa shape index (κ2) is 7.67.